The fraction of sp³-hybridized carbons (Fsp3) is 0.333. The second-order valence-corrected chi connectivity index (χ2v) is 7.66. The molecule has 0 aliphatic heterocycles. The smallest absolute Gasteiger partial charge is 0.0670 e. The molecule has 0 atom stereocenters. The second-order valence-electron chi connectivity index (χ2n) is 7.66. The van der Waals surface area contributed by atoms with E-state index < -0.39 is 0 Å². The van der Waals surface area contributed by atoms with Crippen LogP contribution in [0.15, 0.2) is 66.3 Å². The molecule has 0 saturated carbocycles. The van der Waals surface area contributed by atoms with Crippen molar-refractivity contribution >= 4 is 12.2 Å². The number of nitriles is 1. The summed E-state index contributed by atoms with van der Waals surface area (Å²) in [6, 6.07) is 12.6. The van der Waals surface area contributed by atoms with Gasteiger partial charge in [0.25, 0.3) is 0 Å². The van der Waals surface area contributed by atoms with Crippen LogP contribution in [0, 0.1) is 18.3 Å². The van der Waals surface area contributed by atoms with Gasteiger partial charge in [-0.25, -0.2) is 0 Å². The number of rotatable bonds is 5. The van der Waals surface area contributed by atoms with E-state index in [9.17, 15) is 0 Å². The fourth-order valence-electron chi connectivity index (χ4n) is 3.41. The van der Waals surface area contributed by atoms with Gasteiger partial charge in [0, 0.05) is 11.4 Å². The van der Waals surface area contributed by atoms with Crippen molar-refractivity contribution in [1.29, 1.82) is 5.26 Å². The van der Waals surface area contributed by atoms with Gasteiger partial charge in [0.15, 0.2) is 0 Å². The molecule has 2 aromatic rings. The third kappa shape index (κ3) is 8.52. The molecule has 0 N–H and O–H groups in total. The Morgan fingerprint density at radius 1 is 1.09 bits per heavy atom. The standard InChI is InChI=1S/C19H18N2.C9H14.C2H6/c1-14-16(12-13-20)17(18-8-5-9-19(18)21-14)11-10-15-6-3-2-4-7-15;1-5-9(4)7-6-8(2)3;1-2/h2-4,6-7,10-11H,5,8-9,12H2,1H3;5-7H,2H2,1,3-4H3;1-2H3/b11-10-;7-6-,9-5-;. The summed E-state index contributed by atoms with van der Waals surface area (Å²) in [5.74, 6) is 0. The van der Waals surface area contributed by atoms with Gasteiger partial charge < -0.3 is 0 Å². The van der Waals surface area contributed by atoms with Gasteiger partial charge >= 0.3 is 0 Å². The quantitative estimate of drug-likeness (QED) is 0.451. The average Bonchev–Trinajstić information content (AvgIpc) is 3.28. The molecule has 1 aromatic carbocycles. The number of pyridine rings is 1. The minimum atomic E-state index is 0.431. The molecule has 1 heterocycles. The van der Waals surface area contributed by atoms with Gasteiger partial charge in [-0.15, -0.1) is 0 Å². The van der Waals surface area contributed by atoms with Crippen molar-refractivity contribution in [2.45, 2.75) is 67.2 Å². The largest absolute Gasteiger partial charge is 0.258 e. The molecule has 0 spiro atoms. The maximum absolute atomic E-state index is 9.10. The first-order valence-corrected chi connectivity index (χ1v) is 11.5. The topological polar surface area (TPSA) is 36.7 Å². The van der Waals surface area contributed by atoms with Crippen LogP contribution in [0.2, 0.25) is 0 Å². The van der Waals surface area contributed by atoms with Crippen molar-refractivity contribution in [3.63, 3.8) is 0 Å². The van der Waals surface area contributed by atoms with Crippen molar-refractivity contribution in [2.75, 3.05) is 0 Å². The molecule has 1 aliphatic carbocycles. The van der Waals surface area contributed by atoms with Crippen LogP contribution in [-0.2, 0) is 19.3 Å². The van der Waals surface area contributed by atoms with E-state index in [1.165, 1.54) is 34.4 Å². The molecule has 0 bridgehead atoms. The highest BCUT2D eigenvalue weighted by molar-refractivity contribution is 5.74. The molecule has 32 heavy (non-hydrogen) atoms. The van der Waals surface area contributed by atoms with Crippen LogP contribution in [0.25, 0.3) is 12.2 Å². The molecule has 3 rings (SSSR count). The Morgan fingerprint density at radius 2 is 1.78 bits per heavy atom. The SMILES string of the molecule is C=C(C)/C=C\C(C)=C/C.CC.Cc1nc2c(c(/C=C\c3ccccc3)c1CC#N)CCC2. The molecule has 1 aliphatic rings. The average molecular weight is 427 g/mol. The minimum absolute atomic E-state index is 0.431. The zero-order valence-electron chi connectivity index (χ0n) is 20.7. The molecule has 168 valence electrons. The molecular formula is C30H38N2. The summed E-state index contributed by atoms with van der Waals surface area (Å²) in [4.78, 5) is 4.70. The molecule has 2 heteroatoms. The third-order valence-corrected chi connectivity index (χ3v) is 5.16. The van der Waals surface area contributed by atoms with Gasteiger partial charge in [0.05, 0.1) is 12.5 Å². The van der Waals surface area contributed by atoms with E-state index in [0.717, 1.165) is 29.7 Å². The zero-order chi connectivity index (χ0) is 23.9. The van der Waals surface area contributed by atoms with Gasteiger partial charge in [-0.3, -0.25) is 4.98 Å². The van der Waals surface area contributed by atoms with Crippen LogP contribution >= 0.6 is 0 Å². The summed E-state index contributed by atoms with van der Waals surface area (Å²) >= 11 is 0. The van der Waals surface area contributed by atoms with Crippen LogP contribution < -0.4 is 0 Å². The first-order chi connectivity index (χ1) is 15.5. The van der Waals surface area contributed by atoms with Crippen molar-refractivity contribution in [3.8, 4) is 6.07 Å². The number of hydrogen-bond acceptors (Lipinski definition) is 2. The zero-order valence-corrected chi connectivity index (χ0v) is 20.7. The van der Waals surface area contributed by atoms with Gasteiger partial charge in [-0.1, -0.05) is 92.3 Å². The Bertz CT molecular complexity index is 999. The number of aromatic nitrogens is 1. The van der Waals surface area contributed by atoms with Crippen molar-refractivity contribution < 1.29 is 0 Å². The first kappa shape index (κ1) is 26.9. The summed E-state index contributed by atoms with van der Waals surface area (Å²) in [6.45, 7) is 15.8. The maximum atomic E-state index is 9.10. The molecule has 2 nitrogen and oxygen atoms in total. The molecule has 0 radical (unpaired) electrons. The highest BCUT2D eigenvalue weighted by atomic mass is 14.7. The summed E-state index contributed by atoms with van der Waals surface area (Å²) in [5.41, 5.74) is 9.44. The van der Waals surface area contributed by atoms with Gasteiger partial charge in [0.1, 0.15) is 0 Å². The van der Waals surface area contributed by atoms with Crippen LogP contribution in [0.4, 0.5) is 0 Å². The summed E-state index contributed by atoms with van der Waals surface area (Å²) in [6.07, 6.45) is 14.2. The monoisotopic (exact) mass is 426 g/mol. The van der Waals surface area contributed by atoms with E-state index in [4.69, 9.17) is 10.2 Å². The third-order valence-electron chi connectivity index (χ3n) is 5.16. The Morgan fingerprint density at radius 3 is 2.38 bits per heavy atom. The lowest BCUT2D eigenvalue weighted by molar-refractivity contribution is 0.896. The second kappa shape index (κ2) is 14.8. The predicted octanol–water partition coefficient (Wildman–Crippen LogP) is 8.23. The van der Waals surface area contributed by atoms with Crippen molar-refractivity contribution in [2.24, 2.45) is 0 Å². The van der Waals surface area contributed by atoms with E-state index in [1.807, 2.05) is 58.9 Å². The Labute approximate surface area is 195 Å². The fourth-order valence-corrected chi connectivity index (χ4v) is 3.41. The lowest BCUT2D eigenvalue weighted by Crippen LogP contribution is -2.03. The van der Waals surface area contributed by atoms with E-state index in [0.29, 0.717) is 6.42 Å². The number of hydrogen-bond donors (Lipinski definition) is 0. The summed E-state index contributed by atoms with van der Waals surface area (Å²) in [5, 5.41) is 9.10. The Kier molecular flexibility index (Phi) is 12.4. The van der Waals surface area contributed by atoms with Gasteiger partial charge in [-0.05, 0) is 69.2 Å². The highest BCUT2D eigenvalue weighted by Crippen LogP contribution is 2.30. The van der Waals surface area contributed by atoms with Gasteiger partial charge in [-0.2, -0.15) is 5.26 Å². The van der Waals surface area contributed by atoms with Crippen LogP contribution in [0.1, 0.15) is 74.7 Å². The van der Waals surface area contributed by atoms with E-state index >= 15 is 0 Å². The number of benzene rings is 1. The molecule has 0 saturated heterocycles. The minimum Gasteiger partial charge on any atom is -0.258 e. The molecule has 0 fully saturated rings. The van der Waals surface area contributed by atoms with Crippen molar-refractivity contribution in [1.82, 2.24) is 4.98 Å². The van der Waals surface area contributed by atoms with Crippen LogP contribution in [0.5, 0.6) is 0 Å². The highest BCUT2D eigenvalue weighted by Gasteiger charge is 2.19. The van der Waals surface area contributed by atoms with E-state index in [2.05, 4.69) is 56.0 Å². The predicted molar refractivity (Wildman–Crippen MR) is 140 cm³/mol. The summed E-state index contributed by atoms with van der Waals surface area (Å²) in [7, 11) is 0. The number of nitrogens with zero attached hydrogens (tertiary/aromatic N) is 2. The Hall–Kier alpha value is -3.18. The molecule has 0 amide bonds. The Balaban J connectivity index is 0.000000396. The van der Waals surface area contributed by atoms with E-state index in [-0.39, 0.29) is 0 Å². The molecule has 0 unspecified atom stereocenters. The summed E-state index contributed by atoms with van der Waals surface area (Å²) < 4.78 is 0. The lowest BCUT2D eigenvalue weighted by Gasteiger charge is -2.12. The number of aryl methyl sites for hydroxylation is 2. The maximum Gasteiger partial charge on any atom is 0.0670 e. The van der Waals surface area contributed by atoms with Crippen LogP contribution in [-0.4, -0.2) is 4.98 Å². The van der Waals surface area contributed by atoms with Crippen LogP contribution in [0.3, 0.4) is 0 Å². The lowest BCUT2D eigenvalue weighted by atomic mass is 9.96. The number of fused-ring (bicyclic) bond motifs is 1. The van der Waals surface area contributed by atoms with Gasteiger partial charge in [0.2, 0.25) is 0 Å². The first-order valence-electron chi connectivity index (χ1n) is 11.5. The molecule has 1 aromatic heterocycles. The normalized spacial score (nSPS) is 12.5. The number of allylic oxidation sites excluding steroid dienone is 5. The van der Waals surface area contributed by atoms with E-state index in [1.54, 1.807) is 0 Å². The van der Waals surface area contributed by atoms with Crippen molar-refractivity contribution in [3.05, 3.63) is 99.9 Å². The molecular weight excluding hydrogens is 388 g/mol.